The van der Waals surface area contributed by atoms with Crippen LogP contribution in [0.3, 0.4) is 0 Å². The summed E-state index contributed by atoms with van der Waals surface area (Å²) in [5.41, 5.74) is 8.82. The summed E-state index contributed by atoms with van der Waals surface area (Å²) in [5.74, 6) is 1.03. The van der Waals surface area contributed by atoms with Gasteiger partial charge in [-0.05, 0) is 49.1 Å². The Morgan fingerprint density at radius 1 is 1.33 bits per heavy atom. The van der Waals surface area contributed by atoms with Gasteiger partial charge < -0.3 is 10.5 Å². The Morgan fingerprint density at radius 2 is 2.24 bits per heavy atom. The first-order valence-corrected chi connectivity index (χ1v) is 7.69. The molecule has 2 atom stereocenters. The van der Waals surface area contributed by atoms with E-state index in [-0.39, 0.29) is 12.0 Å². The van der Waals surface area contributed by atoms with E-state index in [4.69, 9.17) is 22.1 Å². The number of pyridine rings is 1. The molecule has 2 aromatic rings. The summed E-state index contributed by atoms with van der Waals surface area (Å²) in [6.45, 7) is 0.473. The molecule has 1 aromatic carbocycles. The molecule has 4 heteroatoms. The standard InChI is InChI=1S/C17H19ClN2O/c18-13-6-2-7-14(10-13)21-11-16(19)15-8-1-4-12-5-3-9-20-17(12)15/h2-3,5-7,9-10,15-16H,1,4,8,11,19H2. The molecule has 3 rings (SSSR count). The van der Waals surface area contributed by atoms with Crippen molar-refractivity contribution in [3.05, 3.63) is 58.9 Å². The minimum absolute atomic E-state index is 0.0575. The molecule has 21 heavy (non-hydrogen) atoms. The lowest BCUT2D eigenvalue weighted by atomic mass is 9.82. The molecule has 0 saturated heterocycles. The summed E-state index contributed by atoms with van der Waals surface area (Å²) in [7, 11) is 0. The summed E-state index contributed by atoms with van der Waals surface area (Å²) in [5, 5.41) is 0.672. The number of nitrogens with two attached hydrogens (primary N) is 1. The summed E-state index contributed by atoms with van der Waals surface area (Å²) in [6, 6.07) is 11.5. The first-order valence-electron chi connectivity index (χ1n) is 7.32. The third-order valence-electron chi connectivity index (χ3n) is 3.99. The largest absolute Gasteiger partial charge is 0.492 e. The van der Waals surface area contributed by atoms with Gasteiger partial charge in [-0.1, -0.05) is 23.7 Å². The Bertz CT molecular complexity index is 617. The van der Waals surface area contributed by atoms with Crippen LogP contribution in [0.5, 0.6) is 5.75 Å². The van der Waals surface area contributed by atoms with Crippen molar-refractivity contribution in [3.63, 3.8) is 0 Å². The minimum Gasteiger partial charge on any atom is -0.492 e. The number of hydrogen-bond acceptors (Lipinski definition) is 3. The maximum absolute atomic E-state index is 6.35. The van der Waals surface area contributed by atoms with Crippen LogP contribution in [0.2, 0.25) is 5.02 Å². The number of halogens is 1. The quantitative estimate of drug-likeness (QED) is 0.939. The van der Waals surface area contributed by atoms with Crippen LogP contribution in [-0.2, 0) is 6.42 Å². The Labute approximate surface area is 130 Å². The van der Waals surface area contributed by atoms with Gasteiger partial charge in [0.2, 0.25) is 0 Å². The molecule has 0 bridgehead atoms. The van der Waals surface area contributed by atoms with Gasteiger partial charge in [0.05, 0.1) is 0 Å². The highest BCUT2D eigenvalue weighted by Crippen LogP contribution is 2.32. The average molecular weight is 303 g/mol. The second-order valence-corrected chi connectivity index (χ2v) is 5.92. The molecule has 3 nitrogen and oxygen atoms in total. The summed E-state index contributed by atoms with van der Waals surface area (Å²) < 4.78 is 5.78. The molecule has 0 radical (unpaired) electrons. The number of nitrogens with zero attached hydrogens (tertiary/aromatic N) is 1. The molecule has 1 heterocycles. The van der Waals surface area contributed by atoms with Gasteiger partial charge in [0.25, 0.3) is 0 Å². The lowest BCUT2D eigenvalue weighted by molar-refractivity contribution is 0.260. The van der Waals surface area contributed by atoms with Crippen molar-refractivity contribution in [1.82, 2.24) is 4.98 Å². The lowest BCUT2D eigenvalue weighted by Crippen LogP contribution is -2.36. The second kappa shape index (κ2) is 6.46. The van der Waals surface area contributed by atoms with Crippen LogP contribution in [0.15, 0.2) is 42.6 Å². The van der Waals surface area contributed by atoms with Crippen molar-refractivity contribution in [3.8, 4) is 5.75 Å². The molecule has 2 unspecified atom stereocenters. The van der Waals surface area contributed by atoms with E-state index < -0.39 is 0 Å². The van der Waals surface area contributed by atoms with Crippen LogP contribution in [0.4, 0.5) is 0 Å². The third kappa shape index (κ3) is 3.36. The predicted molar refractivity (Wildman–Crippen MR) is 84.8 cm³/mol. The number of benzene rings is 1. The topological polar surface area (TPSA) is 48.1 Å². The first-order chi connectivity index (χ1) is 10.2. The maximum atomic E-state index is 6.35. The number of rotatable bonds is 4. The fourth-order valence-corrected chi connectivity index (χ4v) is 3.11. The van der Waals surface area contributed by atoms with E-state index in [1.165, 1.54) is 5.56 Å². The van der Waals surface area contributed by atoms with E-state index in [2.05, 4.69) is 11.1 Å². The minimum atomic E-state index is -0.0575. The second-order valence-electron chi connectivity index (χ2n) is 5.48. The highest BCUT2D eigenvalue weighted by Gasteiger charge is 2.27. The van der Waals surface area contributed by atoms with E-state index in [1.54, 1.807) is 6.07 Å². The predicted octanol–water partition coefficient (Wildman–Crippen LogP) is 3.56. The zero-order valence-corrected chi connectivity index (χ0v) is 12.6. The van der Waals surface area contributed by atoms with Gasteiger partial charge in [0, 0.05) is 28.9 Å². The molecule has 1 aliphatic carbocycles. The normalized spacial score (nSPS) is 18.9. The number of fused-ring (bicyclic) bond motifs is 1. The maximum Gasteiger partial charge on any atom is 0.120 e. The molecule has 0 fully saturated rings. The molecule has 1 aliphatic rings. The van der Waals surface area contributed by atoms with Crippen molar-refractivity contribution < 1.29 is 4.74 Å². The number of ether oxygens (including phenoxy) is 1. The molecule has 2 N–H and O–H groups in total. The number of aromatic nitrogens is 1. The molecule has 0 spiro atoms. The highest BCUT2D eigenvalue weighted by atomic mass is 35.5. The molecule has 1 aromatic heterocycles. The van der Waals surface area contributed by atoms with Crippen LogP contribution < -0.4 is 10.5 Å². The van der Waals surface area contributed by atoms with Crippen molar-refractivity contribution in [2.75, 3.05) is 6.61 Å². The lowest BCUT2D eigenvalue weighted by Gasteiger charge is -2.29. The van der Waals surface area contributed by atoms with Crippen LogP contribution in [-0.4, -0.2) is 17.6 Å². The molecule has 0 amide bonds. The molecular formula is C17H19ClN2O. The van der Waals surface area contributed by atoms with Gasteiger partial charge in [-0.2, -0.15) is 0 Å². The van der Waals surface area contributed by atoms with Gasteiger partial charge in [0.15, 0.2) is 0 Å². The zero-order valence-electron chi connectivity index (χ0n) is 11.8. The van der Waals surface area contributed by atoms with Gasteiger partial charge in [-0.3, -0.25) is 4.98 Å². The van der Waals surface area contributed by atoms with Crippen molar-refractivity contribution >= 4 is 11.6 Å². The number of hydrogen-bond donors (Lipinski definition) is 1. The fourth-order valence-electron chi connectivity index (χ4n) is 2.93. The molecular weight excluding hydrogens is 284 g/mol. The van der Waals surface area contributed by atoms with E-state index in [0.29, 0.717) is 11.6 Å². The van der Waals surface area contributed by atoms with Gasteiger partial charge >= 0.3 is 0 Å². The molecule has 110 valence electrons. The van der Waals surface area contributed by atoms with E-state index in [0.717, 1.165) is 30.7 Å². The highest BCUT2D eigenvalue weighted by molar-refractivity contribution is 6.30. The first kappa shape index (κ1) is 14.4. The van der Waals surface area contributed by atoms with Gasteiger partial charge in [-0.15, -0.1) is 0 Å². The van der Waals surface area contributed by atoms with Crippen LogP contribution >= 0.6 is 11.6 Å². The van der Waals surface area contributed by atoms with Gasteiger partial charge in [-0.25, -0.2) is 0 Å². The summed E-state index contributed by atoms with van der Waals surface area (Å²) >= 11 is 5.95. The Morgan fingerprint density at radius 3 is 3.10 bits per heavy atom. The third-order valence-corrected chi connectivity index (χ3v) is 4.23. The Balaban J connectivity index is 1.67. The monoisotopic (exact) mass is 302 g/mol. The Kier molecular flexibility index (Phi) is 4.42. The van der Waals surface area contributed by atoms with Crippen molar-refractivity contribution in [2.45, 2.75) is 31.2 Å². The average Bonchev–Trinajstić information content (AvgIpc) is 2.52. The van der Waals surface area contributed by atoms with E-state index in [1.807, 2.05) is 30.5 Å². The Hall–Kier alpha value is -1.58. The van der Waals surface area contributed by atoms with E-state index in [9.17, 15) is 0 Å². The molecule has 0 aliphatic heterocycles. The summed E-state index contributed by atoms with van der Waals surface area (Å²) in [4.78, 5) is 4.53. The van der Waals surface area contributed by atoms with Crippen molar-refractivity contribution in [2.24, 2.45) is 5.73 Å². The molecule has 0 saturated carbocycles. The van der Waals surface area contributed by atoms with Crippen molar-refractivity contribution in [1.29, 1.82) is 0 Å². The van der Waals surface area contributed by atoms with E-state index >= 15 is 0 Å². The van der Waals surface area contributed by atoms with Crippen LogP contribution in [0, 0.1) is 0 Å². The summed E-state index contributed by atoms with van der Waals surface area (Å²) in [6.07, 6.45) is 5.18. The van der Waals surface area contributed by atoms with Crippen LogP contribution in [0.25, 0.3) is 0 Å². The smallest absolute Gasteiger partial charge is 0.120 e. The zero-order chi connectivity index (χ0) is 14.7. The number of aryl methyl sites for hydroxylation is 1. The fraction of sp³-hybridized carbons (Fsp3) is 0.353. The van der Waals surface area contributed by atoms with Gasteiger partial charge in [0.1, 0.15) is 12.4 Å². The van der Waals surface area contributed by atoms with Crippen LogP contribution in [0.1, 0.15) is 30.0 Å². The SMILES string of the molecule is NC(COc1cccc(Cl)c1)C1CCCc2cccnc21.